The number of amides is 1. The van der Waals surface area contributed by atoms with Crippen molar-refractivity contribution >= 4 is 5.91 Å². The maximum absolute atomic E-state index is 12.4. The first-order valence-corrected chi connectivity index (χ1v) is 7.16. The molecule has 0 saturated carbocycles. The molecular weight excluding hydrogens is 238 g/mol. The number of rotatable bonds is 2. The normalized spacial score (nSPS) is 20.4. The van der Waals surface area contributed by atoms with E-state index in [1.807, 2.05) is 11.8 Å². The van der Waals surface area contributed by atoms with Crippen LogP contribution in [-0.4, -0.2) is 33.9 Å². The third kappa shape index (κ3) is 3.52. The predicted octanol–water partition coefficient (Wildman–Crippen LogP) is 2.68. The molecule has 1 atom stereocenters. The van der Waals surface area contributed by atoms with E-state index in [9.17, 15) is 4.79 Å². The fraction of sp³-hybridized carbons (Fsp3) is 0.667. The molecule has 1 saturated heterocycles. The van der Waals surface area contributed by atoms with Crippen molar-refractivity contribution in [3.8, 4) is 0 Å². The van der Waals surface area contributed by atoms with Crippen molar-refractivity contribution in [2.75, 3.05) is 13.1 Å². The fourth-order valence-electron chi connectivity index (χ4n) is 2.66. The molecule has 1 unspecified atom stereocenters. The molecule has 104 valence electrons. The molecule has 0 aromatic carbocycles. The Labute approximate surface area is 115 Å². The van der Waals surface area contributed by atoms with E-state index >= 15 is 0 Å². The fourth-order valence-corrected chi connectivity index (χ4v) is 2.66. The van der Waals surface area contributed by atoms with Crippen LogP contribution in [0.3, 0.4) is 0 Å². The number of aryl methyl sites for hydroxylation is 1. The average molecular weight is 261 g/mol. The van der Waals surface area contributed by atoms with Crippen molar-refractivity contribution in [2.45, 2.75) is 40.0 Å². The van der Waals surface area contributed by atoms with Crippen LogP contribution in [0, 0.1) is 18.8 Å². The molecule has 2 rings (SSSR count). The van der Waals surface area contributed by atoms with Crippen LogP contribution >= 0.6 is 0 Å². The molecule has 0 N–H and O–H groups in total. The van der Waals surface area contributed by atoms with Crippen LogP contribution in [0.2, 0.25) is 0 Å². The second-order valence-electron chi connectivity index (χ2n) is 5.77. The van der Waals surface area contributed by atoms with E-state index in [0.29, 0.717) is 11.6 Å². The monoisotopic (exact) mass is 261 g/mol. The zero-order valence-electron chi connectivity index (χ0n) is 12.1. The number of hydrogen-bond donors (Lipinski definition) is 0. The minimum atomic E-state index is 0.0249. The molecule has 1 aliphatic heterocycles. The number of nitrogens with zero attached hydrogens (tertiary/aromatic N) is 3. The minimum Gasteiger partial charge on any atom is -0.337 e. The van der Waals surface area contributed by atoms with Gasteiger partial charge >= 0.3 is 0 Å². The van der Waals surface area contributed by atoms with Crippen LogP contribution in [0.1, 0.15) is 49.3 Å². The van der Waals surface area contributed by atoms with Crippen molar-refractivity contribution in [3.05, 3.63) is 23.8 Å². The van der Waals surface area contributed by atoms with Gasteiger partial charge in [0.25, 0.3) is 5.91 Å². The van der Waals surface area contributed by atoms with E-state index in [1.54, 1.807) is 12.4 Å². The van der Waals surface area contributed by atoms with Gasteiger partial charge in [-0.25, -0.2) is 4.98 Å². The van der Waals surface area contributed by atoms with Crippen LogP contribution in [0.4, 0.5) is 0 Å². The van der Waals surface area contributed by atoms with Gasteiger partial charge in [-0.05, 0) is 38.0 Å². The smallest absolute Gasteiger partial charge is 0.274 e. The molecule has 19 heavy (non-hydrogen) atoms. The lowest BCUT2D eigenvalue weighted by Crippen LogP contribution is -2.32. The van der Waals surface area contributed by atoms with Gasteiger partial charge in [0, 0.05) is 19.3 Å². The number of carbonyl (C=O) groups excluding carboxylic acids is 1. The van der Waals surface area contributed by atoms with Crippen molar-refractivity contribution < 1.29 is 4.79 Å². The van der Waals surface area contributed by atoms with E-state index in [2.05, 4.69) is 23.8 Å². The van der Waals surface area contributed by atoms with Gasteiger partial charge in [-0.3, -0.25) is 9.78 Å². The largest absolute Gasteiger partial charge is 0.337 e. The number of likely N-dealkylation sites (tertiary alicyclic amines) is 1. The summed E-state index contributed by atoms with van der Waals surface area (Å²) in [5.74, 6) is 1.47. The SMILES string of the molecule is Cc1cnc(C(=O)N2CCCC(C(C)C)CC2)cn1. The summed E-state index contributed by atoms with van der Waals surface area (Å²) in [5.41, 5.74) is 1.31. The second kappa shape index (κ2) is 6.13. The molecule has 0 radical (unpaired) electrons. The van der Waals surface area contributed by atoms with Gasteiger partial charge in [-0.1, -0.05) is 13.8 Å². The Kier molecular flexibility index (Phi) is 4.51. The zero-order valence-corrected chi connectivity index (χ0v) is 12.1. The molecule has 1 aromatic heterocycles. The summed E-state index contributed by atoms with van der Waals surface area (Å²) >= 11 is 0. The second-order valence-corrected chi connectivity index (χ2v) is 5.77. The number of hydrogen-bond acceptors (Lipinski definition) is 3. The summed E-state index contributed by atoms with van der Waals surface area (Å²) in [4.78, 5) is 22.6. The Morgan fingerprint density at radius 3 is 2.68 bits per heavy atom. The summed E-state index contributed by atoms with van der Waals surface area (Å²) in [6, 6.07) is 0. The Hall–Kier alpha value is -1.45. The molecular formula is C15H23N3O. The lowest BCUT2D eigenvalue weighted by atomic mass is 9.89. The first-order chi connectivity index (χ1) is 9.08. The molecule has 1 amide bonds. The van der Waals surface area contributed by atoms with Gasteiger partial charge in [0.05, 0.1) is 11.9 Å². The van der Waals surface area contributed by atoms with Crippen molar-refractivity contribution in [2.24, 2.45) is 11.8 Å². The predicted molar refractivity (Wildman–Crippen MR) is 74.9 cm³/mol. The standard InChI is InChI=1S/C15H23N3O/c1-11(2)13-5-4-7-18(8-6-13)15(19)14-10-16-12(3)9-17-14/h9-11,13H,4-8H2,1-3H3. The molecule has 1 aromatic rings. The highest BCUT2D eigenvalue weighted by Crippen LogP contribution is 2.25. The van der Waals surface area contributed by atoms with Crippen LogP contribution < -0.4 is 0 Å². The highest BCUT2D eigenvalue weighted by atomic mass is 16.2. The summed E-state index contributed by atoms with van der Waals surface area (Å²) in [6.45, 7) is 8.11. The van der Waals surface area contributed by atoms with Crippen molar-refractivity contribution in [3.63, 3.8) is 0 Å². The van der Waals surface area contributed by atoms with Gasteiger partial charge in [0.1, 0.15) is 5.69 Å². The Balaban J connectivity index is 2.02. The maximum Gasteiger partial charge on any atom is 0.274 e. The maximum atomic E-state index is 12.4. The van der Waals surface area contributed by atoms with Crippen LogP contribution in [-0.2, 0) is 0 Å². The lowest BCUT2D eigenvalue weighted by molar-refractivity contribution is 0.0752. The first kappa shape index (κ1) is 14.0. The third-order valence-corrected chi connectivity index (χ3v) is 4.00. The highest BCUT2D eigenvalue weighted by Gasteiger charge is 2.23. The number of aromatic nitrogens is 2. The summed E-state index contributed by atoms with van der Waals surface area (Å²) in [7, 11) is 0. The molecule has 1 fully saturated rings. The van der Waals surface area contributed by atoms with Crippen LogP contribution in [0.5, 0.6) is 0 Å². The van der Waals surface area contributed by atoms with Gasteiger partial charge in [-0.15, -0.1) is 0 Å². The molecule has 1 aliphatic rings. The zero-order chi connectivity index (χ0) is 13.8. The van der Waals surface area contributed by atoms with Crippen molar-refractivity contribution in [1.82, 2.24) is 14.9 Å². The summed E-state index contributed by atoms with van der Waals surface area (Å²) in [5, 5.41) is 0. The molecule has 0 spiro atoms. The van der Waals surface area contributed by atoms with Crippen molar-refractivity contribution in [1.29, 1.82) is 0 Å². The molecule has 4 nitrogen and oxygen atoms in total. The molecule has 0 bridgehead atoms. The Bertz CT molecular complexity index is 428. The summed E-state index contributed by atoms with van der Waals surface area (Å²) < 4.78 is 0. The summed E-state index contributed by atoms with van der Waals surface area (Å²) in [6.07, 6.45) is 6.65. The molecule has 0 aliphatic carbocycles. The van der Waals surface area contributed by atoms with E-state index in [0.717, 1.165) is 37.5 Å². The van der Waals surface area contributed by atoms with E-state index in [4.69, 9.17) is 0 Å². The first-order valence-electron chi connectivity index (χ1n) is 7.16. The van der Waals surface area contributed by atoms with Gasteiger partial charge in [0.2, 0.25) is 0 Å². The van der Waals surface area contributed by atoms with E-state index < -0.39 is 0 Å². The van der Waals surface area contributed by atoms with E-state index in [1.165, 1.54) is 6.42 Å². The van der Waals surface area contributed by atoms with Gasteiger partial charge < -0.3 is 4.90 Å². The Morgan fingerprint density at radius 2 is 2.05 bits per heavy atom. The van der Waals surface area contributed by atoms with Gasteiger partial charge in [-0.2, -0.15) is 0 Å². The van der Waals surface area contributed by atoms with E-state index in [-0.39, 0.29) is 5.91 Å². The molecule has 4 heteroatoms. The third-order valence-electron chi connectivity index (χ3n) is 4.00. The quantitative estimate of drug-likeness (QED) is 0.822. The average Bonchev–Trinajstić information content (AvgIpc) is 2.64. The van der Waals surface area contributed by atoms with Gasteiger partial charge in [0.15, 0.2) is 0 Å². The topological polar surface area (TPSA) is 46.1 Å². The highest BCUT2D eigenvalue weighted by molar-refractivity contribution is 5.92. The minimum absolute atomic E-state index is 0.0249. The number of carbonyl (C=O) groups is 1. The molecule has 2 heterocycles. The lowest BCUT2D eigenvalue weighted by Gasteiger charge is -2.21. The van der Waals surface area contributed by atoms with Crippen LogP contribution in [0.25, 0.3) is 0 Å². The Morgan fingerprint density at radius 1 is 1.26 bits per heavy atom. The van der Waals surface area contributed by atoms with Crippen LogP contribution in [0.15, 0.2) is 12.4 Å².